The van der Waals surface area contributed by atoms with Crippen LogP contribution in [0.25, 0.3) is 0 Å². The lowest BCUT2D eigenvalue weighted by molar-refractivity contribution is -0.155. The molecule has 0 saturated carbocycles. The molecule has 12 heteroatoms. The van der Waals surface area contributed by atoms with Gasteiger partial charge in [-0.3, -0.25) is 14.4 Å². The zero-order valence-corrected chi connectivity index (χ0v) is 27.4. The number of methoxy groups -OCH3 is 1. The van der Waals surface area contributed by atoms with Gasteiger partial charge in [-0.2, -0.15) is 0 Å². The van der Waals surface area contributed by atoms with Gasteiger partial charge in [0.05, 0.1) is 30.3 Å². The summed E-state index contributed by atoms with van der Waals surface area (Å²) >= 11 is 6.30. The lowest BCUT2D eigenvalue weighted by Gasteiger charge is -2.28. The number of carbonyl (C=O) groups excluding carboxylic acids is 4. The summed E-state index contributed by atoms with van der Waals surface area (Å²) in [6.45, 7) is 6.63. The predicted octanol–water partition coefficient (Wildman–Crippen LogP) is 3.16. The molecule has 6 atom stereocenters. The third-order valence-electron chi connectivity index (χ3n) is 8.34. The molecule has 248 valence electrons. The summed E-state index contributed by atoms with van der Waals surface area (Å²) in [6, 6.07) is 10.6. The van der Waals surface area contributed by atoms with Crippen molar-refractivity contribution in [3.63, 3.8) is 0 Å². The quantitative estimate of drug-likeness (QED) is 0.262. The van der Waals surface area contributed by atoms with E-state index in [1.165, 1.54) is 20.1 Å². The Hall–Kier alpha value is -3.93. The van der Waals surface area contributed by atoms with Crippen molar-refractivity contribution in [2.75, 3.05) is 13.7 Å². The number of epoxide rings is 1. The first kappa shape index (κ1) is 34.9. The fourth-order valence-corrected chi connectivity index (χ4v) is 5.49. The Morgan fingerprint density at radius 2 is 1.76 bits per heavy atom. The van der Waals surface area contributed by atoms with E-state index in [1.807, 2.05) is 31.2 Å². The maximum Gasteiger partial charge on any atom is 0.328 e. The van der Waals surface area contributed by atoms with Gasteiger partial charge in [0, 0.05) is 25.3 Å². The van der Waals surface area contributed by atoms with Gasteiger partial charge in [0.1, 0.15) is 30.0 Å². The van der Waals surface area contributed by atoms with Crippen LogP contribution in [0.4, 0.5) is 0 Å². The van der Waals surface area contributed by atoms with E-state index in [2.05, 4.69) is 16.0 Å². The zero-order chi connectivity index (χ0) is 33.6. The minimum Gasteiger partial charge on any atom is -0.495 e. The van der Waals surface area contributed by atoms with Crippen LogP contribution in [0.2, 0.25) is 5.02 Å². The first-order valence-corrected chi connectivity index (χ1v) is 15.6. The van der Waals surface area contributed by atoms with Gasteiger partial charge < -0.3 is 35.3 Å². The minimum atomic E-state index is -1.09. The third kappa shape index (κ3) is 8.86. The molecule has 2 aromatic rings. The number of cyclic esters (lactones) is 1. The van der Waals surface area contributed by atoms with Crippen molar-refractivity contribution in [1.29, 1.82) is 0 Å². The SMILES string of the molecule is COc1ccc(C[C@H]2NC(=O)/C=C/C[C@@H](C(C)C3O[C@H]3c3ccc(CO)cc3)OC(=O)[C@H](C)NC(=O)C(C)(C)CNC2=O)cc1Cl. The summed E-state index contributed by atoms with van der Waals surface area (Å²) < 4.78 is 17.1. The van der Waals surface area contributed by atoms with Crippen LogP contribution in [0.5, 0.6) is 5.75 Å². The topological polar surface area (TPSA) is 156 Å². The Balaban J connectivity index is 1.55. The highest BCUT2D eigenvalue weighted by Gasteiger charge is 2.47. The third-order valence-corrected chi connectivity index (χ3v) is 8.63. The molecule has 11 nitrogen and oxygen atoms in total. The van der Waals surface area contributed by atoms with Gasteiger partial charge in [0.2, 0.25) is 17.7 Å². The number of aliphatic hydroxyl groups is 1. The normalized spacial score (nSPS) is 27.0. The number of benzene rings is 2. The summed E-state index contributed by atoms with van der Waals surface area (Å²) in [4.78, 5) is 52.7. The first-order chi connectivity index (χ1) is 21.8. The maximum atomic E-state index is 13.3. The second-order valence-corrected chi connectivity index (χ2v) is 12.8. The van der Waals surface area contributed by atoms with Crippen LogP contribution in [0.3, 0.4) is 0 Å². The fraction of sp³-hybridized carbons (Fsp3) is 0.471. The zero-order valence-electron chi connectivity index (χ0n) is 26.7. The fourth-order valence-electron chi connectivity index (χ4n) is 5.21. The van der Waals surface area contributed by atoms with Crippen LogP contribution in [0.15, 0.2) is 54.6 Å². The Morgan fingerprint density at radius 3 is 2.41 bits per heavy atom. The number of halogens is 1. The molecule has 4 rings (SSSR count). The molecule has 4 N–H and O–H groups in total. The molecule has 2 aliphatic rings. The molecule has 2 heterocycles. The maximum absolute atomic E-state index is 13.3. The molecular formula is C34H42ClN3O8. The summed E-state index contributed by atoms with van der Waals surface area (Å²) in [5.41, 5.74) is 1.33. The van der Waals surface area contributed by atoms with E-state index in [0.717, 1.165) is 11.1 Å². The van der Waals surface area contributed by atoms with Gasteiger partial charge in [-0.05, 0) is 55.7 Å². The summed E-state index contributed by atoms with van der Waals surface area (Å²) in [7, 11) is 1.50. The van der Waals surface area contributed by atoms with Crippen molar-refractivity contribution in [2.45, 2.75) is 77.5 Å². The summed E-state index contributed by atoms with van der Waals surface area (Å²) in [6.07, 6.45) is 2.09. The molecule has 2 unspecified atom stereocenters. The van der Waals surface area contributed by atoms with Crippen LogP contribution < -0.4 is 20.7 Å². The van der Waals surface area contributed by atoms with Crippen LogP contribution in [-0.4, -0.2) is 66.7 Å². The molecule has 46 heavy (non-hydrogen) atoms. The Kier molecular flexibility index (Phi) is 11.5. The summed E-state index contributed by atoms with van der Waals surface area (Å²) in [5.74, 6) is -1.86. The van der Waals surface area contributed by atoms with Crippen molar-refractivity contribution in [1.82, 2.24) is 16.0 Å². The van der Waals surface area contributed by atoms with E-state index < -0.39 is 47.3 Å². The van der Waals surface area contributed by atoms with Crippen molar-refractivity contribution < 1.29 is 38.5 Å². The van der Waals surface area contributed by atoms with Crippen molar-refractivity contribution in [2.24, 2.45) is 11.3 Å². The van der Waals surface area contributed by atoms with E-state index in [-0.39, 0.29) is 44.1 Å². The van der Waals surface area contributed by atoms with E-state index in [0.29, 0.717) is 16.3 Å². The van der Waals surface area contributed by atoms with Crippen molar-refractivity contribution >= 4 is 35.3 Å². The predicted molar refractivity (Wildman–Crippen MR) is 171 cm³/mol. The molecule has 1 fully saturated rings. The molecule has 2 aromatic carbocycles. The number of amides is 3. The van der Waals surface area contributed by atoms with Gasteiger partial charge >= 0.3 is 5.97 Å². The molecule has 0 aromatic heterocycles. The number of hydrogen-bond donors (Lipinski definition) is 4. The second-order valence-electron chi connectivity index (χ2n) is 12.4. The number of esters is 1. The lowest BCUT2D eigenvalue weighted by atomic mass is 9.91. The number of hydrogen-bond acceptors (Lipinski definition) is 8. The molecule has 0 bridgehead atoms. The highest BCUT2D eigenvalue weighted by atomic mass is 35.5. The Labute approximate surface area is 274 Å². The van der Waals surface area contributed by atoms with Gasteiger partial charge in [-0.15, -0.1) is 0 Å². The number of carbonyl (C=O) groups is 4. The van der Waals surface area contributed by atoms with Crippen LogP contribution in [0.1, 0.15) is 56.9 Å². The molecular weight excluding hydrogens is 614 g/mol. The smallest absolute Gasteiger partial charge is 0.328 e. The lowest BCUT2D eigenvalue weighted by Crippen LogP contribution is -2.53. The van der Waals surface area contributed by atoms with Crippen LogP contribution in [0, 0.1) is 11.3 Å². The molecule has 3 amide bonds. The number of rotatable bonds is 7. The molecule has 1 saturated heterocycles. The summed E-state index contributed by atoms with van der Waals surface area (Å²) in [5, 5.41) is 17.9. The highest BCUT2D eigenvalue weighted by molar-refractivity contribution is 6.32. The molecule has 0 spiro atoms. The standard InChI is InChI=1S/C34H42ClN3O8/c1-19(29-30(46-29)23-12-9-21(17-39)10-13-23)26-7-6-8-28(40)38-25(16-22-11-14-27(44-5)24(35)15-22)31(41)36-18-34(3,4)33(43)37-20(2)32(42)45-26/h6,8-15,19-20,25-26,29-30,39H,7,16-18H2,1-5H3,(H,36,41)(H,37,43)(H,38,40)/b8-6+/t19?,20-,25+,26-,29?,30-/m0/s1. The van der Waals surface area contributed by atoms with Crippen molar-refractivity contribution in [3.05, 3.63) is 76.3 Å². The van der Waals surface area contributed by atoms with Gasteiger partial charge in [-0.1, -0.05) is 54.9 Å². The van der Waals surface area contributed by atoms with E-state index >= 15 is 0 Å². The van der Waals surface area contributed by atoms with Crippen LogP contribution >= 0.6 is 11.6 Å². The number of nitrogens with one attached hydrogen (secondary N) is 3. The van der Waals surface area contributed by atoms with Crippen molar-refractivity contribution in [3.8, 4) is 5.75 Å². The molecule has 0 aliphatic carbocycles. The second kappa shape index (κ2) is 15.1. The number of ether oxygens (including phenoxy) is 3. The van der Waals surface area contributed by atoms with E-state index in [4.69, 9.17) is 25.8 Å². The highest BCUT2D eigenvalue weighted by Crippen LogP contribution is 2.45. The largest absolute Gasteiger partial charge is 0.495 e. The van der Waals surface area contributed by atoms with Crippen LogP contribution in [-0.2, 0) is 41.7 Å². The first-order valence-electron chi connectivity index (χ1n) is 15.3. The van der Waals surface area contributed by atoms with E-state index in [1.54, 1.807) is 38.1 Å². The molecule has 2 aliphatic heterocycles. The molecule has 0 radical (unpaired) electrons. The van der Waals surface area contributed by atoms with Gasteiger partial charge in [-0.25, -0.2) is 4.79 Å². The van der Waals surface area contributed by atoms with Gasteiger partial charge in [0.15, 0.2) is 0 Å². The average molecular weight is 656 g/mol. The Morgan fingerprint density at radius 1 is 1.07 bits per heavy atom. The van der Waals surface area contributed by atoms with Gasteiger partial charge in [0.25, 0.3) is 0 Å². The minimum absolute atomic E-state index is 0.0512. The van der Waals surface area contributed by atoms with E-state index in [9.17, 15) is 24.3 Å². The monoisotopic (exact) mass is 655 g/mol. The number of aliphatic hydroxyl groups excluding tert-OH is 1. The average Bonchev–Trinajstić information content (AvgIpc) is 3.83. The Bertz CT molecular complexity index is 1460.